The second-order valence-corrected chi connectivity index (χ2v) is 18.3. The molecule has 21 heteroatoms. The summed E-state index contributed by atoms with van der Waals surface area (Å²) in [5.74, 6) is 2.06. The maximum absolute atomic E-state index is 10.6. The van der Waals surface area contributed by atoms with Crippen LogP contribution in [0, 0.1) is 10.7 Å². The lowest BCUT2D eigenvalue weighted by molar-refractivity contribution is 0.00945. The van der Waals surface area contributed by atoms with Gasteiger partial charge in [-0.15, -0.1) is 12.4 Å². The zero-order chi connectivity index (χ0) is 47.9. The Morgan fingerprint density at radius 2 is 0.682 bits per heavy atom. The largest absolute Gasteiger partial charge is 0.508 e. The summed E-state index contributed by atoms with van der Waals surface area (Å²) in [5, 5.41) is 8.75. The highest BCUT2D eigenvalue weighted by Gasteiger charge is 2.01. The van der Waals surface area contributed by atoms with Crippen molar-refractivity contribution < 1.29 is 69.8 Å². The van der Waals surface area contributed by atoms with Crippen molar-refractivity contribution in [2.24, 2.45) is 5.73 Å². The molecule has 0 aliphatic rings. The number of hydrogen-bond acceptors (Lipinski definition) is 16. The summed E-state index contributed by atoms with van der Waals surface area (Å²) in [4.78, 5) is 0. The number of phenols is 1. The summed E-state index contributed by atoms with van der Waals surface area (Å²) in [6.45, 7) is 16.1. The van der Waals surface area contributed by atoms with Crippen LogP contribution in [0.3, 0.4) is 0 Å². The van der Waals surface area contributed by atoms with Crippen molar-refractivity contribution in [1.82, 2.24) is 0 Å². The molecule has 0 radical (unpaired) electrons. The average Bonchev–Trinajstić information content (AvgIpc) is 3.29. The van der Waals surface area contributed by atoms with E-state index in [0.29, 0.717) is 125 Å². The minimum atomic E-state index is -3.36. The van der Waals surface area contributed by atoms with Gasteiger partial charge in [0.15, 0.2) is 0 Å². The maximum Gasteiger partial charge on any atom is 0.264 e. The fraction of sp³-hybridized carbons (Fsp3) is 0.600. The van der Waals surface area contributed by atoms with E-state index in [1.165, 1.54) is 7.14 Å². The van der Waals surface area contributed by atoms with Crippen molar-refractivity contribution in [2.45, 2.75) is 26.7 Å². The molecular weight excluding hydrogens is 1240 g/mol. The number of aromatic hydroxyl groups is 1. The van der Waals surface area contributed by atoms with Gasteiger partial charge in [-0.05, 0) is 153 Å². The quantitative estimate of drug-likeness (QED) is 0.0328. The first-order valence-corrected chi connectivity index (χ1v) is 26.5. The summed E-state index contributed by atoms with van der Waals surface area (Å²) in [6, 6.07) is 22.9. The van der Waals surface area contributed by atoms with Crippen molar-refractivity contribution in [2.75, 3.05) is 152 Å². The van der Waals surface area contributed by atoms with Gasteiger partial charge in [0.2, 0.25) is 0 Å². The van der Waals surface area contributed by atoms with Gasteiger partial charge in [0.1, 0.15) is 30.5 Å². The number of hydrogen-bond donors (Lipinski definition) is 2. The van der Waals surface area contributed by atoms with Crippen LogP contribution in [0.4, 0.5) is 0 Å². The lowest BCUT2D eigenvalue weighted by Crippen LogP contribution is -2.14. The molecule has 3 aromatic carbocycles. The van der Waals surface area contributed by atoms with Crippen molar-refractivity contribution in [3.05, 3.63) is 83.5 Å². The summed E-state index contributed by atoms with van der Waals surface area (Å²) in [6.07, 6.45) is 3.06. The summed E-state index contributed by atoms with van der Waals surface area (Å²) >= 11 is 6.71. The highest BCUT2D eigenvalue weighted by Crippen LogP contribution is 2.14. The Kier molecular flexibility index (Phi) is 51.3. The van der Waals surface area contributed by atoms with E-state index in [0.717, 1.165) is 47.4 Å². The van der Waals surface area contributed by atoms with E-state index in [1.807, 2.05) is 67.6 Å². The number of phenolic OH excluding ortho intramolecular Hbond substituents is 1. The van der Waals surface area contributed by atoms with E-state index >= 15 is 0 Å². The lowest BCUT2D eigenvalue weighted by Gasteiger charge is -2.08. The Labute approximate surface area is 441 Å². The normalized spacial score (nSPS) is 10.7. The number of nitrogens with two attached hydrogens (primary N) is 1. The Morgan fingerprint density at radius 3 is 0.955 bits per heavy atom. The monoisotopic (exact) mass is 1320 g/mol. The van der Waals surface area contributed by atoms with Gasteiger partial charge in [-0.1, -0.05) is 13.8 Å². The topological polar surface area (TPSA) is 191 Å². The van der Waals surface area contributed by atoms with E-state index in [-0.39, 0.29) is 25.6 Å². The van der Waals surface area contributed by atoms with Crippen LogP contribution in [0.2, 0.25) is 0 Å². The van der Waals surface area contributed by atoms with Gasteiger partial charge in [-0.25, -0.2) is 0 Å². The van der Waals surface area contributed by atoms with Gasteiger partial charge in [0.25, 0.3) is 10.1 Å². The third-order valence-electron chi connectivity index (χ3n) is 7.16. The van der Waals surface area contributed by atoms with E-state index in [9.17, 15) is 8.42 Å². The molecule has 382 valence electrons. The van der Waals surface area contributed by atoms with E-state index in [2.05, 4.69) is 78.9 Å². The zero-order valence-electron chi connectivity index (χ0n) is 38.6. The molecule has 0 saturated carbocycles. The Hall–Kier alpha value is -0.950. The fourth-order valence-corrected chi connectivity index (χ4v) is 5.63. The highest BCUT2D eigenvalue weighted by molar-refractivity contribution is 14.1. The lowest BCUT2D eigenvalue weighted by atomic mass is 10.3. The Bertz CT molecular complexity index is 1470. The van der Waals surface area contributed by atoms with Gasteiger partial charge < -0.3 is 62.9 Å². The number of rotatable bonds is 36. The van der Waals surface area contributed by atoms with Gasteiger partial charge in [-0.3, -0.25) is 4.18 Å². The maximum atomic E-state index is 10.6. The molecule has 0 fully saturated rings. The van der Waals surface area contributed by atoms with Crippen LogP contribution >= 0.6 is 80.2 Å². The van der Waals surface area contributed by atoms with Crippen molar-refractivity contribution in [1.29, 1.82) is 0 Å². The number of ether oxygens (including phenoxy) is 11. The molecule has 3 N–H and O–H groups in total. The van der Waals surface area contributed by atoms with Crippen molar-refractivity contribution in [3.63, 3.8) is 0 Å². The standard InChI is InChI=1S/C15H23IO4.C14H22INO4.C10H22O6S.C6H5IO.ClH/c1-2-7-17-8-9-18-10-11-19-12-13-20-15-5-3-14(16)4-6-15;15-13-1-3-14(4-2-13)20-12-11-19-10-9-18-8-7-17-6-5-16;1-3-4-13-5-6-14-7-8-15-9-10-16-17(2,11)12;7-5-1-3-6(8)4-2-5;/h3-6H,2,7-13H2,1H3;1-4H,5-12,16H2;3-10H2,1-2H3;1-4,8H;1H. The molecule has 0 unspecified atom stereocenters. The molecule has 0 heterocycles. The summed E-state index contributed by atoms with van der Waals surface area (Å²) in [5.41, 5.74) is 5.29. The molecule has 0 spiro atoms. The van der Waals surface area contributed by atoms with Gasteiger partial charge in [0, 0.05) is 30.5 Å². The molecule has 0 aromatic heterocycles. The first kappa shape index (κ1) is 67.1. The Morgan fingerprint density at radius 1 is 0.424 bits per heavy atom. The van der Waals surface area contributed by atoms with E-state index in [1.54, 1.807) is 12.1 Å². The van der Waals surface area contributed by atoms with Gasteiger partial charge in [-0.2, -0.15) is 8.42 Å². The first-order chi connectivity index (χ1) is 31.5. The summed E-state index contributed by atoms with van der Waals surface area (Å²) in [7, 11) is -3.36. The van der Waals surface area contributed by atoms with Crippen LogP contribution in [0.25, 0.3) is 0 Å². The van der Waals surface area contributed by atoms with Crippen LogP contribution in [0.15, 0.2) is 72.8 Å². The predicted molar refractivity (Wildman–Crippen MR) is 285 cm³/mol. The fourth-order valence-electron chi connectivity index (χ4n) is 4.18. The van der Waals surface area contributed by atoms with Crippen LogP contribution in [0.1, 0.15) is 26.7 Å². The summed E-state index contributed by atoms with van der Waals surface area (Å²) < 4.78 is 87.8. The third-order valence-corrected chi connectivity index (χ3v) is 9.92. The first-order valence-electron chi connectivity index (χ1n) is 21.5. The SMILES string of the molecule is CCCOCCOCCOCCOS(C)(=O)=O.CCCOCCOCCOCCOc1ccc(I)cc1.Cl.NCCOCCOCCOCCOc1ccc(I)cc1.Oc1ccc(I)cc1. The molecule has 3 rings (SSSR count). The molecule has 0 aliphatic heterocycles. The molecule has 3 aromatic rings. The average molecular weight is 1320 g/mol. The second-order valence-electron chi connectivity index (χ2n) is 12.9. The van der Waals surface area contributed by atoms with Gasteiger partial charge >= 0.3 is 0 Å². The van der Waals surface area contributed by atoms with E-state index in [4.69, 9.17) is 62.9 Å². The van der Waals surface area contributed by atoms with Crippen LogP contribution < -0.4 is 15.2 Å². The molecule has 0 bridgehead atoms. The molecule has 16 nitrogen and oxygen atoms in total. The van der Waals surface area contributed by atoms with E-state index < -0.39 is 10.1 Å². The number of benzene rings is 3. The minimum Gasteiger partial charge on any atom is -0.508 e. The predicted octanol–water partition coefficient (Wildman–Crippen LogP) is 7.65. The van der Waals surface area contributed by atoms with Gasteiger partial charge in [0.05, 0.1) is 119 Å². The minimum absolute atomic E-state index is 0. The highest BCUT2D eigenvalue weighted by atomic mass is 127. The third kappa shape index (κ3) is 50.9. The molecule has 0 atom stereocenters. The van der Waals surface area contributed by atoms with Crippen LogP contribution in [0.5, 0.6) is 17.2 Å². The molecule has 0 amide bonds. The number of halogens is 4. The van der Waals surface area contributed by atoms with Crippen molar-refractivity contribution >= 4 is 90.3 Å². The van der Waals surface area contributed by atoms with Crippen molar-refractivity contribution in [3.8, 4) is 17.2 Å². The van der Waals surface area contributed by atoms with Crippen LogP contribution in [-0.2, 0) is 56.9 Å². The smallest absolute Gasteiger partial charge is 0.264 e. The second kappa shape index (κ2) is 50.4. The zero-order valence-corrected chi connectivity index (χ0v) is 46.7. The molecule has 0 saturated heterocycles. The molecule has 0 aliphatic carbocycles. The van der Waals surface area contributed by atoms with Crippen LogP contribution in [-0.4, -0.2) is 165 Å². The molecule has 66 heavy (non-hydrogen) atoms. The Balaban J connectivity index is 0. The molecular formula is C45H73ClI3NO15S.